The minimum atomic E-state index is -0.183. The first-order valence-electron chi connectivity index (χ1n) is 12.7. The SMILES string of the molecule is COc1ccc(CCCCC(c2ccc(F)cc2)N2CCN(CCc3ccc(F)cc3)CC2)cc1. The van der Waals surface area contributed by atoms with Crippen LogP contribution < -0.4 is 4.74 Å². The molecule has 0 bridgehead atoms. The molecule has 1 atom stereocenters. The van der Waals surface area contributed by atoms with Crippen LogP contribution in [0.4, 0.5) is 8.78 Å². The lowest BCUT2D eigenvalue weighted by Crippen LogP contribution is -2.48. The lowest BCUT2D eigenvalue weighted by atomic mass is 9.97. The number of aryl methyl sites for hydroxylation is 1. The summed E-state index contributed by atoms with van der Waals surface area (Å²) in [4.78, 5) is 5.06. The molecule has 0 amide bonds. The normalized spacial score (nSPS) is 15.7. The van der Waals surface area contributed by atoms with Gasteiger partial charge in [-0.3, -0.25) is 4.90 Å². The first-order chi connectivity index (χ1) is 17.1. The summed E-state index contributed by atoms with van der Waals surface area (Å²) in [7, 11) is 1.69. The van der Waals surface area contributed by atoms with Gasteiger partial charge in [0.05, 0.1) is 7.11 Å². The van der Waals surface area contributed by atoms with Crippen LogP contribution in [0.25, 0.3) is 0 Å². The second kappa shape index (κ2) is 12.8. The molecule has 0 spiro atoms. The van der Waals surface area contributed by atoms with Crippen LogP contribution in [0.1, 0.15) is 42.0 Å². The molecule has 1 heterocycles. The fraction of sp³-hybridized carbons (Fsp3) is 0.400. The lowest BCUT2D eigenvalue weighted by molar-refractivity contribution is 0.0912. The summed E-state index contributed by atoms with van der Waals surface area (Å²) in [5.74, 6) is 0.526. The van der Waals surface area contributed by atoms with E-state index in [2.05, 4.69) is 21.9 Å². The Morgan fingerprint density at radius 2 is 1.29 bits per heavy atom. The fourth-order valence-electron chi connectivity index (χ4n) is 4.94. The van der Waals surface area contributed by atoms with E-state index in [-0.39, 0.29) is 11.6 Å². The molecule has 186 valence electrons. The van der Waals surface area contributed by atoms with Crippen LogP contribution in [0.2, 0.25) is 0 Å². The first kappa shape index (κ1) is 25.3. The summed E-state index contributed by atoms with van der Waals surface area (Å²) in [5, 5.41) is 0. The van der Waals surface area contributed by atoms with Crippen LogP contribution in [0.5, 0.6) is 5.75 Å². The van der Waals surface area contributed by atoms with E-state index in [0.717, 1.165) is 70.6 Å². The Morgan fingerprint density at radius 3 is 1.91 bits per heavy atom. The van der Waals surface area contributed by atoms with Crippen LogP contribution in [0.3, 0.4) is 0 Å². The Balaban J connectivity index is 1.29. The van der Waals surface area contributed by atoms with Gasteiger partial charge in [0, 0.05) is 38.8 Å². The van der Waals surface area contributed by atoms with Gasteiger partial charge in [0.2, 0.25) is 0 Å². The largest absolute Gasteiger partial charge is 0.497 e. The van der Waals surface area contributed by atoms with Crippen molar-refractivity contribution in [1.82, 2.24) is 9.80 Å². The number of nitrogens with zero attached hydrogens (tertiary/aromatic N) is 2. The maximum absolute atomic E-state index is 13.6. The number of benzene rings is 3. The molecule has 5 heteroatoms. The minimum absolute atomic E-state index is 0.182. The molecular weight excluding hydrogens is 442 g/mol. The highest BCUT2D eigenvalue weighted by molar-refractivity contribution is 5.27. The summed E-state index contributed by atoms with van der Waals surface area (Å²) >= 11 is 0. The van der Waals surface area contributed by atoms with Gasteiger partial charge in [-0.05, 0) is 78.8 Å². The number of hydrogen-bond acceptors (Lipinski definition) is 3. The summed E-state index contributed by atoms with van der Waals surface area (Å²) in [5.41, 5.74) is 3.71. The van der Waals surface area contributed by atoms with Crippen molar-refractivity contribution in [2.75, 3.05) is 39.8 Å². The maximum Gasteiger partial charge on any atom is 0.123 e. The highest BCUT2D eigenvalue weighted by Crippen LogP contribution is 2.28. The molecule has 0 saturated carbocycles. The molecule has 3 aromatic rings. The number of piperazine rings is 1. The second-order valence-electron chi connectivity index (χ2n) is 9.42. The number of hydrogen-bond donors (Lipinski definition) is 0. The lowest BCUT2D eigenvalue weighted by Gasteiger charge is -2.39. The van der Waals surface area contributed by atoms with Crippen molar-refractivity contribution in [2.24, 2.45) is 0 Å². The van der Waals surface area contributed by atoms with Gasteiger partial charge in [0.1, 0.15) is 17.4 Å². The molecule has 1 unspecified atom stereocenters. The van der Waals surface area contributed by atoms with Crippen LogP contribution in [-0.2, 0) is 12.8 Å². The monoisotopic (exact) mass is 478 g/mol. The van der Waals surface area contributed by atoms with Crippen molar-refractivity contribution in [3.05, 3.63) is 101 Å². The molecule has 0 N–H and O–H groups in total. The topological polar surface area (TPSA) is 15.7 Å². The van der Waals surface area contributed by atoms with Gasteiger partial charge in [0.15, 0.2) is 0 Å². The molecule has 35 heavy (non-hydrogen) atoms. The Bertz CT molecular complexity index is 1010. The van der Waals surface area contributed by atoms with E-state index in [4.69, 9.17) is 4.74 Å². The van der Waals surface area contributed by atoms with Crippen molar-refractivity contribution >= 4 is 0 Å². The predicted octanol–water partition coefficient (Wildman–Crippen LogP) is 6.29. The van der Waals surface area contributed by atoms with Gasteiger partial charge in [-0.2, -0.15) is 0 Å². The van der Waals surface area contributed by atoms with Crippen molar-refractivity contribution in [2.45, 2.75) is 38.1 Å². The molecule has 1 saturated heterocycles. The third-order valence-electron chi connectivity index (χ3n) is 7.08. The molecule has 0 aliphatic carbocycles. The van der Waals surface area contributed by atoms with E-state index in [1.165, 1.54) is 28.8 Å². The van der Waals surface area contributed by atoms with Gasteiger partial charge in [0.25, 0.3) is 0 Å². The Morgan fingerprint density at radius 1 is 0.714 bits per heavy atom. The van der Waals surface area contributed by atoms with Crippen molar-refractivity contribution in [3.8, 4) is 5.75 Å². The number of ether oxygens (including phenoxy) is 1. The van der Waals surface area contributed by atoms with Crippen LogP contribution in [0, 0.1) is 11.6 Å². The quantitative estimate of drug-likeness (QED) is 0.301. The number of methoxy groups -OCH3 is 1. The van der Waals surface area contributed by atoms with E-state index >= 15 is 0 Å². The van der Waals surface area contributed by atoms with Crippen LogP contribution in [0.15, 0.2) is 72.8 Å². The van der Waals surface area contributed by atoms with E-state index in [9.17, 15) is 8.78 Å². The van der Waals surface area contributed by atoms with E-state index < -0.39 is 0 Å². The Labute approximate surface area is 208 Å². The molecule has 1 aliphatic heterocycles. The van der Waals surface area contributed by atoms with Gasteiger partial charge >= 0.3 is 0 Å². The van der Waals surface area contributed by atoms with Gasteiger partial charge in [-0.15, -0.1) is 0 Å². The third kappa shape index (κ3) is 7.61. The number of halogens is 2. The van der Waals surface area contributed by atoms with Crippen LogP contribution >= 0.6 is 0 Å². The van der Waals surface area contributed by atoms with Crippen molar-refractivity contribution < 1.29 is 13.5 Å². The smallest absolute Gasteiger partial charge is 0.123 e. The molecule has 3 nitrogen and oxygen atoms in total. The van der Waals surface area contributed by atoms with Crippen LogP contribution in [-0.4, -0.2) is 49.6 Å². The number of rotatable bonds is 11. The van der Waals surface area contributed by atoms with E-state index in [0.29, 0.717) is 6.04 Å². The van der Waals surface area contributed by atoms with Gasteiger partial charge < -0.3 is 9.64 Å². The van der Waals surface area contributed by atoms with Crippen molar-refractivity contribution in [3.63, 3.8) is 0 Å². The summed E-state index contributed by atoms with van der Waals surface area (Å²) in [6, 6.07) is 22.5. The Kier molecular flexibility index (Phi) is 9.27. The molecule has 3 aromatic carbocycles. The zero-order valence-electron chi connectivity index (χ0n) is 20.6. The molecule has 1 aliphatic rings. The molecule has 0 radical (unpaired) electrons. The average Bonchev–Trinajstić information content (AvgIpc) is 2.90. The fourth-order valence-corrected chi connectivity index (χ4v) is 4.94. The van der Waals surface area contributed by atoms with E-state index in [1.807, 2.05) is 36.4 Å². The van der Waals surface area contributed by atoms with Gasteiger partial charge in [-0.1, -0.05) is 42.8 Å². The first-order valence-corrected chi connectivity index (χ1v) is 12.7. The summed E-state index contributed by atoms with van der Waals surface area (Å²) in [6.45, 7) is 5.03. The number of unbranched alkanes of at least 4 members (excludes halogenated alkanes) is 1. The molecule has 4 rings (SSSR count). The summed E-state index contributed by atoms with van der Waals surface area (Å²) < 4.78 is 32.0. The predicted molar refractivity (Wildman–Crippen MR) is 138 cm³/mol. The molecular formula is C30H36F2N2O. The third-order valence-corrected chi connectivity index (χ3v) is 7.08. The highest BCUT2D eigenvalue weighted by atomic mass is 19.1. The molecule has 1 fully saturated rings. The highest BCUT2D eigenvalue weighted by Gasteiger charge is 2.24. The zero-order valence-corrected chi connectivity index (χ0v) is 20.6. The average molecular weight is 479 g/mol. The summed E-state index contributed by atoms with van der Waals surface area (Å²) in [6.07, 6.45) is 5.31. The minimum Gasteiger partial charge on any atom is -0.497 e. The maximum atomic E-state index is 13.6. The standard InChI is InChI=1S/C30H36F2N2O/c1-35-29-16-8-24(9-17-29)4-2-3-5-30(26-10-14-28(32)15-11-26)34-22-20-33(21-23-34)19-18-25-6-12-27(31)13-7-25/h6-17,30H,2-5,18-23H2,1H3. The van der Waals surface area contributed by atoms with Crippen molar-refractivity contribution in [1.29, 1.82) is 0 Å². The Hall–Kier alpha value is -2.76. The molecule has 0 aromatic heterocycles. The second-order valence-corrected chi connectivity index (χ2v) is 9.42. The van der Waals surface area contributed by atoms with Gasteiger partial charge in [-0.25, -0.2) is 8.78 Å². The van der Waals surface area contributed by atoms with E-state index in [1.54, 1.807) is 19.2 Å². The zero-order chi connectivity index (χ0) is 24.5.